The second-order valence-corrected chi connectivity index (χ2v) is 18.8. The molecule has 1 atom stereocenters. The van der Waals surface area contributed by atoms with E-state index in [1.165, 1.54) is 161 Å². The van der Waals surface area contributed by atoms with Crippen LogP contribution in [0.3, 0.4) is 0 Å². The molecule has 0 rings (SSSR count). The number of unbranched alkanes of at least 4 members (excludes halogenated alkanes) is 32. The molecular weight excluding hydrogens is 805 g/mol. The van der Waals surface area contributed by atoms with Crippen molar-refractivity contribution in [1.82, 2.24) is 0 Å². The van der Waals surface area contributed by atoms with Gasteiger partial charge in [0.05, 0.1) is 0 Å². The van der Waals surface area contributed by atoms with E-state index >= 15 is 0 Å². The fraction of sp³-hybridized carbons (Fsp3) is 0.814. The van der Waals surface area contributed by atoms with E-state index in [2.05, 4.69) is 69.4 Å². The molecule has 0 aliphatic carbocycles. The monoisotopic (exact) mass is 911 g/mol. The zero-order chi connectivity index (χ0) is 47.2. The van der Waals surface area contributed by atoms with Gasteiger partial charge in [0, 0.05) is 19.3 Å². The van der Waals surface area contributed by atoms with Crippen molar-refractivity contribution in [3.8, 4) is 0 Å². The van der Waals surface area contributed by atoms with Gasteiger partial charge in [0.25, 0.3) is 0 Å². The van der Waals surface area contributed by atoms with Crippen molar-refractivity contribution in [3.05, 3.63) is 48.6 Å². The molecule has 0 aromatic heterocycles. The van der Waals surface area contributed by atoms with E-state index in [-0.39, 0.29) is 31.1 Å². The highest BCUT2D eigenvalue weighted by molar-refractivity contribution is 5.71. The van der Waals surface area contributed by atoms with Gasteiger partial charge in [-0.15, -0.1) is 0 Å². The summed E-state index contributed by atoms with van der Waals surface area (Å²) in [7, 11) is 0. The van der Waals surface area contributed by atoms with Crippen molar-refractivity contribution in [2.75, 3.05) is 13.2 Å². The Morgan fingerprint density at radius 1 is 0.323 bits per heavy atom. The molecule has 0 amide bonds. The Bertz CT molecular complexity index is 1140. The maximum Gasteiger partial charge on any atom is 0.306 e. The van der Waals surface area contributed by atoms with Crippen LogP contribution in [-0.2, 0) is 28.6 Å². The van der Waals surface area contributed by atoms with Crippen LogP contribution in [-0.4, -0.2) is 37.2 Å². The Morgan fingerprint density at radius 3 is 0.969 bits per heavy atom. The van der Waals surface area contributed by atoms with Gasteiger partial charge in [-0.25, -0.2) is 0 Å². The van der Waals surface area contributed by atoms with Crippen molar-refractivity contribution >= 4 is 17.9 Å². The number of esters is 3. The van der Waals surface area contributed by atoms with Crippen LogP contribution in [0.2, 0.25) is 0 Å². The third kappa shape index (κ3) is 52.2. The summed E-state index contributed by atoms with van der Waals surface area (Å²) in [6, 6.07) is 0. The molecule has 378 valence electrons. The highest BCUT2D eigenvalue weighted by Crippen LogP contribution is 2.16. The number of hydrogen-bond acceptors (Lipinski definition) is 6. The number of allylic oxidation sites excluding steroid dienone is 8. The van der Waals surface area contributed by atoms with Gasteiger partial charge in [0.2, 0.25) is 0 Å². The largest absolute Gasteiger partial charge is 0.462 e. The van der Waals surface area contributed by atoms with Gasteiger partial charge in [0.15, 0.2) is 6.10 Å². The molecule has 0 saturated heterocycles. The quantitative estimate of drug-likeness (QED) is 0.0262. The van der Waals surface area contributed by atoms with E-state index in [1.807, 2.05) is 0 Å². The first kappa shape index (κ1) is 62.4. The molecular formula is C59H106O6. The van der Waals surface area contributed by atoms with Gasteiger partial charge in [-0.1, -0.05) is 243 Å². The lowest BCUT2D eigenvalue weighted by Crippen LogP contribution is -2.30. The standard InChI is InChI=1S/C59H106O6/c1-4-7-10-13-16-19-22-25-28-29-30-32-34-37-40-43-46-49-52-58(61)64-55-56(54-63-57(60)51-48-45-42-39-36-33-27-24-21-18-15-12-9-6-3)65-59(62)53-50-47-44-41-38-35-31-26-23-20-17-14-11-8-5-2/h9,12,18,20-21,23,27,33,56H,4-8,10-11,13-17,19,22,24-26,28-32,34-55H2,1-3H3/b12-9-,21-18-,23-20-,33-27-. The predicted molar refractivity (Wildman–Crippen MR) is 279 cm³/mol. The van der Waals surface area contributed by atoms with Crippen molar-refractivity contribution in [2.24, 2.45) is 0 Å². The van der Waals surface area contributed by atoms with Crippen LogP contribution in [0.5, 0.6) is 0 Å². The lowest BCUT2D eigenvalue weighted by molar-refractivity contribution is -0.167. The Morgan fingerprint density at radius 2 is 0.600 bits per heavy atom. The number of hydrogen-bond donors (Lipinski definition) is 0. The number of carbonyl (C=O) groups excluding carboxylic acids is 3. The molecule has 0 radical (unpaired) electrons. The van der Waals surface area contributed by atoms with Gasteiger partial charge in [-0.2, -0.15) is 0 Å². The third-order valence-electron chi connectivity index (χ3n) is 12.3. The molecule has 0 aliphatic rings. The molecule has 0 bridgehead atoms. The summed E-state index contributed by atoms with van der Waals surface area (Å²) in [5, 5.41) is 0. The van der Waals surface area contributed by atoms with Crippen LogP contribution in [0.1, 0.15) is 290 Å². The average Bonchev–Trinajstić information content (AvgIpc) is 3.30. The van der Waals surface area contributed by atoms with Gasteiger partial charge >= 0.3 is 17.9 Å². The summed E-state index contributed by atoms with van der Waals surface area (Å²) in [5.41, 5.74) is 0. The van der Waals surface area contributed by atoms with Crippen LogP contribution in [0.4, 0.5) is 0 Å². The van der Waals surface area contributed by atoms with Gasteiger partial charge < -0.3 is 14.2 Å². The van der Waals surface area contributed by atoms with Crippen LogP contribution in [0.25, 0.3) is 0 Å². The van der Waals surface area contributed by atoms with Crippen LogP contribution in [0.15, 0.2) is 48.6 Å². The summed E-state index contributed by atoms with van der Waals surface area (Å²) < 4.78 is 16.8. The SMILES string of the molecule is CC/C=C\C/C=C\C/C=C\CCCCCCC(=O)OCC(COC(=O)CCCCCCCCCCCCCCCCCCCC)OC(=O)CCCCCCCCC/C=C\CCCCCC. The summed E-state index contributed by atoms with van der Waals surface area (Å²) in [5.74, 6) is -0.894. The van der Waals surface area contributed by atoms with Crippen molar-refractivity contribution in [3.63, 3.8) is 0 Å². The van der Waals surface area contributed by atoms with Gasteiger partial charge in [0.1, 0.15) is 13.2 Å². The van der Waals surface area contributed by atoms with E-state index in [4.69, 9.17) is 14.2 Å². The molecule has 6 heteroatoms. The molecule has 0 aromatic carbocycles. The van der Waals surface area contributed by atoms with E-state index in [9.17, 15) is 14.4 Å². The fourth-order valence-electron chi connectivity index (χ4n) is 8.10. The van der Waals surface area contributed by atoms with E-state index in [0.717, 1.165) is 89.9 Å². The molecule has 0 aromatic rings. The van der Waals surface area contributed by atoms with Crippen molar-refractivity contribution in [2.45, 2.75) is 297 Å². The normalized spacial score (nSPS) is 12.4. The Hall–Kier alpha value is -2.63. The van der Waals surface area contributed by atoms with E-state index < -0.39 is 6.10 Å². The highest BCUT2D eigenvalue weighted by Gasteiger charge is 2.19. The van der Waals surface area contributed by atoms with E-state index in [1.54, 1.807) is 0 Å². The zero-order valence-corrected chi connectivity index (χ0v) is 43.3. The molecule has 0 fully saturated rings. The minimum absolute atomic E-state index is 0.0792. The highest BCUT2D eigenvalue weighted by atomic mass is 16.6. The van der Waals surface area contributed by atoms with Crippen LogP contribution >= 0.6 is 0 Å². The molecule has 0 spiro atoms. The maximum absolute atomic E-state index is 12.8. The topological polar surface area (TPSA) is 78.9 Å². The summed E-state index contributed by atoms with van der Waals surface area (Å²) in [6.45, 7) is 6.52. The van der Waals surface area contributed by atoms with Crippen molar-refractivity contribution < 1.29 is 28.6 Å². The molecule has 0 aliphatic heterocycles. The summed E-state index contributed by atoms with van der Waals surface area (Å²) in [4.78, 5) is 38.1. The summed E-state index contributed by atoms with van der Waals surface area (Å²) in [6.07, 6.45) is 65.3. The molecule has 0 heterocycles. The van der Waals surface area contributed by atoms with E-state index in [0.29, 0.717) is 19.3 Å². The second kappa shape index (κ2) is 54.0. The first-order valence-electron chi connectivity index (χ1n) is 28.1. The molecule has 6 nitrogen and oxygen atoms in total. The average molecular weight is 911 g/mol. The number of carbonyl (C=O) groups is 3. The Kier molecular flexibility index (Phi) is 51.8. The fourth-order valence-corrected chi connectivity index (χ4v) is 8.10. The van der Waals surface area contributed by atoms with Crippen LogP contribution < -0.4 is 0 Å². The molecule has 65 heavy (non-hydrogen) atoms. The first-order valence-corrected chi connectivity index (χ1v) is 28.1. The maximum atomic E-state index is 12.8. The Balaban J connectivity index is 4.36. The Labute approximate surface area is 403 Å². The van der Waals surface area contributed by atoms with Gasteiger partial charge in [-0.05, 0) is 77.0 Å². The number of rotatable bonds is 51. The van der Waals surface area contributed by atoms with Crippen molar-refractivity contribution in [1.29, 1.82) is 0 Å². The smallest absolute Gasteiger partial charge is 0.306 e. The van der Waals surface area contributed by atoms with Gasteiger partial charge in [-0.3, -0.25) is 14.4 Å². The minimum Gasteiger partial charge on any atom is -0.462 e. The second-order valence-electron chi connectivity index (χ2n) is 18.8. The zero-order valence-electron chi connectivity index (χ0n) is 43.3. The summed E-state index contributed by atoms with van der Waals surface area (Å²) >= 11 is 0. The molecule has 0 saturated carbocycles. The predicted octanol–water partition coefficient (Wildman–Crippen LogP) is 18.7. The van der Waals surface area contributed by atoms with Crippen LogP contribution in [0, 0.1) is 0 Å². The number of ether oxygens (including phenoxy) is 3. The third-order valence-corrected chi connectivity index (χ3v) is 12.3. The first-order chi connectivity index (χ1) is 32.0. The lowest BCUT2D eigenvalue weighted by atomic mass is 10.0. The lowest BCUT2D eigenvalue weighted by Gasteiger charge is -2.18. The molecule has 1 unspecified atom stereocenters. The molecule has 0 N–H and O–H groups in total. The minimum atomic E-state index is -0.782.